The molecule has 0 aromatic carbocycles. The van der Waals surface area contributed by atoms with Gasteiger partial charge in [0.15, 0.2) is 0 Å². The molecule has 0 saturated heterocycles. The van der Waals surface area contributed by atoms with Crippen molar-refractivity contribution in [3.63, 3.8) is 0 Å². The zero-order chi connectivity index (χ0) is 15.6. The Hall–Kier alpha value is -1.53. The Morgan fingerprint density at radius 3 is 2.35 bits per heavy atom. The van der Waals surface area contributed by atoms with E-state index in [1.165, 1.54) is 6.08 Å². The molecule has 0 saturated carbocycles. The van der Waals surface area contributed by atoms with Crippen molar-refractivity contribution in [3.05, 3.63) is 12.7 Å². The minimum absolute atomic E-state index is 0.0342. The average molecular weight is 295 g/mol. The third-order valence-corrected chi connectivity index (χ3v) is 2.67. The Morgan fingerprint density at radius 1 is 1.25 bits per heavy atom. The summed E-state index contributed by atoms with van der Waals surface area (Å²) < 4.78 is 40.3. The maximum absolute atomic E-state index is 12.0. The number of nitrogens with one attached hydrogen (secondary N) is 1. The van der Waals surface area contributed by atoms with Gasteiger partial charge in [-0.1, -0.05) is 25.5 Å². The fourth-order valence-electron chi connectivity index (χ4n) is 1.54. The topological polar surface area (TPSA) is 55.4 Å². The van der Waals surface area contributed by atoms with Gasteiger partial charge in [0.25, 0.3) is 0 Å². The number of unbranched alkanes of at least 4 members (excludes halogenated alkanes) is 3. The van der Waals surface area contributed by atoms with Gasteiger partial charge in [-0.3, -0.25) is 4.79 Å². The predicted octanol–water partition coefficient (Wildman–Crippen LogP) is 2.73. The molecule has 0 aromatic rings. The molecule has 0 aliphatic heterocycles. The van der Waals surface area contributed by atoms with Crippen molar-refractivity contribution < 1.29 is 27.5 Å². The van der Waals surface area contributed by atoms with Gasteiger partial charge in [0.2, 0.25) is 5.91 Å². The molecule has 1 unspecified atom stereocenters. The lowest BCUT2D eigenvalue weighted by atomic mass is 10.1. The van der Waals surface area contributed by atoms with Gasteiger partial charge in [-0.05, 0) is 19.3 Å². The number of esters is 1. The lowest BCUT2D eigenvalue weighted by molar-refractivity contribution is -0.203. The summed E-state index contributed by atoms with van der Waals surface area (Å²) in [6.45, 7) is 3.35. The molecule has 116 valence electrons. The Balaban J connectivity index is 3.78. The number of carbonyl (C=O) groups excluding carboxylic acids is 2. The largest absolute Gasteiger partial charge is 0.490 e. The van der Waals surface area contributed by atoms with Crippen LogP contribution in [0.5, 0.6) is 0 Å². The molecule has 0 aliphatic rings. The van der Waals surface area contributed by atoms with E-state index in [0.717, 1.165) is 19.3 Å². The van der Waals surface area contributed by atoms with Crippen LogP contribution < -0.4 is 5.32 Å². The van der Waals surface area contributed by atoms with Crippen molar-refractivity contribution in [3.8, 4) is 0 Å². The maximum atomic E-state index is 12.0. The first-order valence-corrected chi connectivity index (χ1v) is 6.42. The normalized spacial score (nSPS) is 12.6. The van der Waals surface area contributed by atoms with Crippen LogP contribution in [0.2, 0.25) is 0 Å². The number of rotatable bonds is 9. The summed E-state index contributed by atoms with van der Waals surface area (Å²) in [4.78, 5) is 21.6. The van der Waals surface area contributed by atoms with Gasteiger partial charge in [0.1, 0.15) is 6.10 Å². The summed E-state index contributed by atoms with van der Waals surface area (Å²) in [6, 6.07) is 0. The van der Waals surface area contributed by atoms with Gasteiger partial charge in [0.05, 0.1) is 0 Å². The number of hydrogen-bond donors (Lipinski definition) is 1. The van der Waals surface area contributed by atoms with Gasteiger partial charge in [-0.2, -0.15) is 13.2 Å². The van der Waals surface area contributed by atoms with Crippen LogP contribution in [0.25, 0.3) is 0 Å². The van der Waals surface area contributed by atoms with Gasteiger partial charge in [-0.15, -0.1) is 0 Å². The van der Waals surface area contributed by atoms with Crippen LogP contribution in [-0.2, 0) is 14.3 Å². The van der Waals surface area contributed by atoms with Gasteiger partial charge < -0.3 is 10.1 Å². The lowest BCUT2D eigenvalue weighted by Gasteiger charge is -2.15. The molecular formula is C13H20F3NO3. The van der Waals surface area contributed by atoms with E-state index < -0.39 is 18.2 Å². The molecule has 0 fully saturated rings. The van der Waals surface area contributed by atoms with Crippen molar-refractivity contribution >= 4 is 11.9 Å². The number of ether oxygens (including phenoxy) is 1. The summed E-state index contributed by atoms with van der Waals surface area (Å²) in [7, 11) is 1.56. The molecule has 0 heterocycles. The number of alkyl halides is 3. The summed E-state index contributed by atoms with van der Waals surface area (Å²) in [5.41, 5.74) is 0. The fraction of sp³-hybridized carbons (Fsp3) is 0.692. The van der Waals surface area contributed by atoms with Crippen LogP contribution in [0, 0.1) is 0 Å². The molecule has 0 aromatic heterocycles. The molecule has 1 atom stereocenters. The highest BCUT2D eigenvalue weighted by atomic mass is 19.4. The minimum Gasteiger partial charge on any atom is -0.451 e. The molecular weight excluding hydrogens is 275 g/mol. The van der Waals surface area contributed by atoms with Crippen LogP contribution in [0.15, 0.2) is 12.7 Å². The molecule has 0 bridgehead atoms. The third-order valence-electron chi connectivity index (χ3n) is 2.67. The molecule has 20 heavy (non-hydrogen) atoms. The van der Waals surface area contributed by atoms with Crippen LogP contribution >= 0.6 is 0 Å². The molecule has 7 heteroatoms. The Labute approximate surface area is 116 Å². The smallest absolute Gasteiger partial charge is 0.451 e. The van der Waals surface area contributed by atoms with E-state index in [0.29, 0.717) is 19.3 Å². The number of halogens is 3. The van der Waals surface area contributed by atoms with Crippen LogP contribution in [0.4, 0.5) is 13.2 Å². The van der Waals surface area contributed by atoms with E-state index in [4.69, 9.17) is 0 Å². The Morgan fingerprint density at radius 2 is 1.85 bits per heavy atom. The van der Waals surface area contributed by atoms with Gasteiger partial charge >= 0.3 is 12.1 Å². The van der Waals surface area contributed by atoms with E-state index in [1.807, 2.05) is 0 Å². The van der Waals surface area contributed by atoms with Crippen molar-refractivity contribution in [2.45, 2.75) is 50.8 Å². The number of hydrogen-bond acceptors (Lipinski definition) is 3. The lowest BCUT2D eigenvalue weighted by Crippen LogP contribution is -2.29. The zero-order valence-corrected chi connectivity index (χ0v) is 11.5. The SMILES string of the molecule is C=CC(CCCCCCC(=O)NC)OC(=O)C(F)(F)F. The van der Waals surface area contributed by atoms with E-state index >= 15 is 0 Å². The van der Waals surface area contributed by atoms with E-state index in [1.54, 1.807) is 7.05 Å². The summed E-state index contributed by atoms with van der Waals surface area (Å²) >= 11 is 0. The second-order valence-corrected chi connectivity index (χ2v) is 4.30. The van der Waals surface area contributed by atoms with Crippen molar-refractivity contribution in [2.24, 2.45) is 0 Å². The van der Waals surface area contributed by atoms with E-state index in [9.17, 15) is 22.8 Å². The molecule has 4 nitrogen and oxygen atoms in total. The molecule has 0 rings (SSSR count). The Kier molecular flexibility index (Phi) is 8.67. The summed E-state index contributed by atoms with van der Waals surface area (Å²) in [6.07, 6.45) is -1.10. The fourth-order valence-corrected chi connectivity index (χ4v) is 1.54. The van der Waals surface area contributed by atoms with Gasteiger partial charge in [-0.25, -0.2) is 4.79 Å². The Bertz CT molecular complexity index is 329. The highest BCUT2D eigenvalue weighted by Gasteiger charge is 2.41. The molecule has 0 radical (unpaired) electrons. The van der Waals surface area contributed by atoms with Crippen molar-refractivity contribution in [1.82, 2.24) is 5.32 Å². The number of carbonyl (C=O) groups is 2. The minimum atomic E-state index is -4.98. The number of amides is 1. The molecule has 0 spiro atoms. The highest BCUT2D eigenvalue weighted by molar-refractivity contribution is 5.76. The second-order valence-electron chi connectivity index (χ2n) is 4.30. The first-order chi connectivity index (χ1) is 9.31. The van der Waals surface area contributed by atoms with Crippen LogP contribution in [0.3, 0.4) is 0 Å². The van der Waals surface area contributed by atoms with E-state index in [-0.39, 0.29) is 5.91 Å². The second kappa shape index (κ2) is 9.39. The third kappa shape index (κ3) is 8.55. The van der Waals surface area contributed by atoms with E-state index in [2.05, 4.69) is 16.6 Å². The maximum Gasteiger partial charge on any atom is 0.490 e. The monoisotopic (exact) mass is 295 g/mol. The highest BCUT2D eigenvalue weighted by Crippen LogP contribution is 2.19. The van der Waals surface area contributed by atoms with Crippen LogP contribution in [-0.4, -0.2) is 31.2 Å². The predicted molar refractivity (Wildman–Crippen MR) is 67.9 cm³/mol. The molecule has 1 N–H and O–H groups in total. The average Bonchev–Trinajstić information content (AvgIpc) is 2.39. The first-order valence-electron chi connectivity index (χ1n) is 6.42. The standard InChI is InChI=1S/C13H20F3NO3/c1-3-10(20-12(19)13(14,15)16)8-6-4-5-7-9-11(18)17-2/h3,10H,1,4-9H2,2H3,(H,17,18). The van der Waals surface area contributed by atoms with Gasteiger partial charge in [0, 0.05) is 13.5 Å². The first kappa shape index (κ1) is 18.5. The van der Waals surface area contributed by atoms with Crippen molar-refractivity contribution in [2.75, 3.05) is 7.05 Å². The zero-order valence-electron chi connectivity index (χ0n) is 11.5. The molecule has 0 aliphatic carbocycles. The van der Waals surface area contributed by atoms with Crippen molar-refractivity contribution in [1.29, 1.82) is 0 Å². The summed E-state index contributed by atoms with van der Waals surface area (Å²) in [5.74, 6) is -2.23. The summed E-state index contributed by atoms with van der Waals surface area (Å²) in [5, 5.41) is 2.50. The van der Waals surface area contributed by atoms with Crippen LogP contribution in [0.1, 0.15) is 38.5 Å². The molecule has 1 amide bonds. The quantitative estimate of drug-likeness (QED) is 0.404.